The highest BCUT2D eigenvalue weighted by molar-refractivity contribution is 6.07. The molecule has 1 atom stereocenters. The molecular weight excluding hydrogens is 448 g/mol. The van der Waals surface area contributed by atoms with Gasteiger partial charge in [0.15, 0.2) is 0 Å². The van der Waals surface area contributed by atoms with Crippen LogP contribution in [0.4, 0.5) is 0 Å². The van der Waals surface area contributed by atoms with Crippen LogP contribution in [-0.2, 0) is 4.79 Å². The Hall–Kier alpha value is -4.77. The van der Waals surface area contributed by atoms with E-state index >= 15 is 0 Å². The first-order chi connectivity index (χ1) is 17.7. The van der Waals surface area contributed by atoms with Crippen LogP contribution in [0, 0.1) is 0 Å². The van der Waals surface area contributed by atoms with Gasteiger partial charge in [-0.15, -0.1) is 0 Å². The lowest BCUT2D eigenvalue weighted by Crippen LogP contribution is -2.25. The van der Waals surface area contributed by atoms with Crippen molar-refractivity contribution in [3.8, 4) is 5.75 Å². The Bertz CT molecular complexity index is 1410. The number of rotatable bonds is 6. The van der Waals surface area contributed by atoms with E-state index in [0.717, 1.165) is 11.1 Å². The SMILES string of the molecule is O=C(Oc1ccccc1C1=NN(C(=O)/C=C/c2ccccc2)[C@H](c2ccccc2)C1)c1ccccc1. The lowest BCUT2D eigenvalue weighted by Gasteiger charge is -2.20. The zero-order valence-corrected chi connectivity index (χ0v) is 19.5. The van der Waals surface area contributed by atoms with Gasteiger partial charge in [-0.25, -0.2) is 9.80 Å². The maximum absolute atomic E-state index is 13.3. The Balaban J connectivity index is 1.46. The number of hydrogen-bond donors (Lipinski definition) is 0. The minimum absolute atomic E-state index is 0.221. The third kappa shape index (κ3) is 5.15. The fourth-order valence-corrected chi connectivity index (χ4v) is 4.15. The average molecular weight is 473 g/mol. The topological polar surface area (TPSA) is 59.0 Å². The van der Waals surface area contributed by atoms with Gasteiger partial charge in [-0.1, -0.05) is 91.0 Å². The van der Waals surface area contributed by atoms with Crippen LogP contribution < -0.4 is 4.74 Å². The molecule has 0 aliphatic carbocycles. The smallest absolute Gasteiger partial charge is 0.343 e. The number of hydrazone groups is 1. The van der Waals surface area contributed by atoms with Crippen molar-refractivity contribution in [3.63, 3.8) is 0 Å². The number of carbonyl (C=O) groups excluding carboxylic acids is 2. The quantitative estimate of drug-likeness (QED) is 0.188. The van der Waals surface area contributed by atoms with Crippen LogP contribution in [0.1, 0.15) is 39.5 Å². The molecule has 0 saturated carbocycles. The summed E-state index contributed by atoms with van der Waals surface area (Å²) in [5.74, 6) is -0.257. The van der Waals surface area contributed by atoms with Gasteiger partial charge in [-0.3, -0.25) is 4.79 Å². The van der Waals surface area contributed by atoms with Gasteiger partial charge in [-0.05, 0) is 41.5 Å². The highest BCUT2D eigenvalue weighted by atomic mass is 16.5. The van der Waals surface area contributed by atoms with E-state index in [1.807, 2.05) is 84.9 Å². The summed E-state index contributed by atoms with van der Waals surface area (Å²) in [7, 11) is 0. The largest absolute Gasteiger partial charge is 0.422 e. The van der Waals surface area contributed by atoms with Gasteiger partial charge in [0, 0.05) is 18.1 Å². The molecule has 1 amide bonds. The molecular formula is C31H24N2O3. The summed E-state index contributed by atoms with van der Waals surface area (Å²) in [6.07, 6.45) is 3.82. The minimum atomic E-state index is -0.444. The first kappa shape index (κ1) is 23.0. The van der Waals surface area contributed by atoms with Crippen molar-refractivity contribution in [2.24, 2.45) is 5.10 Å². The molecule has 0 radical (unpaired) electrons. The first-order valence-electron chi connectivity index (χ1n) is 11.7. The second-order valence-corrected chi connectivity index (χ2v) is 8.36. The summed E-state index contributed by atoms with van der Waals surface area (Å²) >= 11 is 0. The zero-order chi connectivity index (χ0) is 24.7. The average Bonchev–Trinajstić information content (AvgIpc) is 3.39. The first-order valence-corrected chi connectivity index (χ1v) is 11.7. The number of ether oxygens (including phenoxy) is 1. The molecule has 5 nitrogen and oxygen atoms in total. The second kappa shape index (κ2) is 10.7. The van der Waals surface area contributed by atoms with Gasteiger partial charge in [0.05, 0.1) is 17.3 Å². The standard InChI is InChI=1S/C31H24N2O3/c34-30(21-20-23-12-4-1-5-13-23)33-28(24-14-6-2-7-15-24)22-27(32-33)26-18-10-11-19-29(26)36-31(35)25-16-8-3-9-17-25/h1-21,28H,22H2/b21-20+/t28-/m0/s1. The van der Waals surface area contributed by atoms with Crippen molar-refractivity contribution >= 4 is 23.7 Å². The molecule has 0 spiro atoms. The Morgan fingerprint density at radius 2 is 1.39 bits per heavy atom. The molecule has 1 aliphatic heterocycles. The molecule has 0 unspecified atom stereocenters. The molecule has 176 valence electrons. The number of carbonyl (C=O) groups is 2. The highest BCUT2D eigenvalue weighted by Crippen LogP contribution is 2.35. The normalized spacial score (nSPS) is 15.1. The van der Waals surface area contributed by atoms with E-state index in [9.17, 15) is 9.59 Å². The molecule has 1 aliphatic rings. The summed E-state index contributed by atoms with van der Waals surface area (Å²) in [5, 5.41) is 6.24. The van der Waals surface area contributed by atoms with Gasteiger partial charge in [-0.2, -0.15) is 5.10 Å². The van der Waals surface area contributed by atoms with Crippen molar-refractivity contribution in [3.05, 3.63) is 144 Å². The van der Waals surface area contributed by atoms with E-state index in [1.165, 1.54) is 5.01 Å². The number of para-hydroxylation sites is 1. The van der Waals surface area contributed by atoms with Gasteiger partial charge in [0.25, 0.3) is 5.91 Å². The highest BCUT2D eigenvalue weighted by Gasteiger charge is 2.33. The Morgan fingerprint density at radius 1 is 0.778 bits per heavy atom. The molecule has 0 N–H and O–H groups in total. The molecule has 1 heterocycles. The molecule has 0 fully saturated rings. The number of benzene rings is 4. The summed E-state index contributed by atoms with van der Waals surface area (Å²) in [5.41, 5.74) is 3.75. The lowest BCUT2D eigenvalue weighted by molar-refractivity contribution is -0.127. The molecule has 0 bridgehead atoms. The van der Waals surface area contributed by atoms with Crippen LogP contribution in [0.15, 0.2) is 126 Å². The van der Waals surface area contributed by atoms with Crippen LogP contribution in [-0.4, -0.2) is 22.6 Å². The Kier molecular flexibility index (Phi) is 6.81. The van der Waals surface area contributed by atoms with Crippen LogP contribution >= 0.6 is 0 Å². The van der Waals surface area contributed by atoms with E-state index in [4.69, 9.17) is 9.84 Å². The maximum atomic E-state index is 13.3. The molecule has 0 saturated heterocycles. The number of hydrogen-bond acceptors (Lipinski definition) is 4. The number of esters is 1. The van der Waals surface area contributed by atoms with Crippen LogP contribution in [0.2, 0.25) is 0 Å². The van der Waals surface area contributed by atoms with Gasteiger partial charge in [0.2, 0.25) is 0 Å². The van der Waals surface area contributed by atoms with Gasteiger partial charge in [0.1, 0.15) is 5.75 Å². The predicted molar refractivity (Wildman–Crippen MR) is 141 cm³/mol. The van der Waals surface area contributed by atoms with Crippen LogP contribution in [0.25, 0.3) is 6.08 Å². The van der Waals surface area contributed by atoms with Crippen LogP contribution in [0.5, 0.6) is 5.75 Å². The Labute approximate surface area is 210 Å². The van der Waals surface area contributed by atoms with E-state index in [-0.39, 0.29) is 11.9 Å². The van der Waals surface area contributed by atoms with Crippen molar-refractivity contribution in [2.45, 2.75) is 12.5 Å². The number of nitrogens with zero attached hydrogens (tertiary/aromatic N) is 2. The molecule has 36 heavy (non-hydrogen) atoms. The molecule has 5 rings (SSSR count). The fourth-order valence-electron chi connectivity index (χ4n) is 4.15. The summed E-state index contributed by atoms with van der Waals surface area (Å²) < 4.78 is 5.75. The van der Waals surface area contributed by atoms with Crippen molar-refractivity contribution in [1.82, 2.24) is 5.01 Å². The van der Waals surface area contributed by atoms with E-state index in [0.29, 0.717) is 29.0 Å². The van der Waals surface area contributed by atoms with Crippen molar-refractivity contribution in [1.29, 1.82) is 0 Å². The van der Waals surface area contributed by atoms with E-state index in [2.05, 4.69) is 0 Å². The maximum Gasteiger partial charge on any atom is 0.343 e. The number of amides is 1. The second-order valence-electron chi connectivity index (χ2n) is 8.36. The minimum Gasteiger partial charge on any atom is -0.422 e. The van der Waals surface area contributed by atoms with E-state index in [1.54, 1.807) is 42.5 Å². The van der Waals surface area contributed by atoms with Crippen molar-refractivity contribution < 1.29 is 14.3 Å². The molecule has 4 aromatic rings. The van der Waals surface area contributed by atoms with E-state index < -0.39 is 5.97 Å². The summed E-state index contributed by atoms with van der Waals surface area (Å²) in [4.78, 5) is 26.0. The third-order valence-corrected chi connectivity index (χ3v) is 5.95. The summed E-state index contributed by atoms with van der Waals surface area (Å²) in [6.45, 7) is 0. The van der Waals surface area contributed by atoms with Gasteiger partial charge >= 0.3 is 5.97 Å². The fraction of sp³-hybridized carbons (Fsp3) is 0.0645. The van der Waals surface area contributed by atoms with Crippen molar-refractivity contribution in [2.75, 3.05) is 0 Å². The Morgan fingerprint density at radius 3 is 2.11 bits per heavy atom. The summed E-state index contributed by atoms with van der Waals surface area (Å²) in [6, 6.07) is 35.4. The molecule has 5 heteroatoms. The lowest BCUT2D eigenvalue weighted by atomic mass is 9.98. The molecule has 4 aromatic carbocycles. The predicted octanol–water partition coefficient (Wildman–Crippen LogP) is 6.30. The van der Waals surface area contributed by atoms with Crippen LogP contribution in [0.3, 0.4) is 0 Å². The zero-order valence-electron chi connectivity index (χ0n) is 19.5. The van der Waals surface area contributed by atoms with Gasteiger partial charge < -0.3 is 4.74 Å². The molecule has 0 aromatic heterocycles. The monoisotopic (exact) mass is 472 g/mol. The third-order valence-electron chi connectivity index (χ3n) is 5.95.